The SMILES string of the molecule is C=C(C)C(O)c1cccc(F)c1F. The molecule has 0 aliphatic carbocycles. The molecule has 0 heterocycles. The number of aliphatic hydroxyl groups excluding tert-OH is 1. The second-order valence-corrected chi connectivity index (χ2v) is 2.89. The number of hydrogen-bond donors (Lipinski definition) is 1. The van der Waals surface area contributed by atoms with Crippen molar-refractivity contribution in [3.05, 3.63) is 47.5 Å². The van der Waals surface area contributed by atoms with Crippen LogP contribution in [0.5, 0.6) is 0 Å². The normalized spacial score (nSPS) is 12.6. The Bertz CT molecular complexity index is 334. The van der Waals surface area contributed by atoms with Gasteiger partial charge in [0.05, 0.1) is 0 Å². The van der Waals surface area contributed by atoms with Gasteiger partial charge in [0.25, 0.3) is 0 Å². The third kappa shape index (κ3) is 1.92. The zero-order chi connectivity index (χ0) is 10.0. The fourth-order valence-corrected chi connectivity index (χ4v) is 0.997. The quantitative estimate of drug-likeness (QED) is 0.700. The van der Waals surface area contributed by atoms with Crippen LogP contribution >= 0.6 is 0 Å². The number of hydrogen-bond acceptors (Lipinski definition) is 1. The lowest BCUT2D eigenvalue weighted by atomic mass is 10.0. The highest BCUT2D eigenvalue weighted by Gasteiger charge is 2.15. The van der Waals surface area contributed by atoms with Crippen LogP contribution in [0.25, 0.3) is 0 Å². The average molecular weight is 184 g/mol. The predicted molar refractivity (Wildman–Crippen MR) is 46.1 cm³/mol. The summed E-state index contributed by atoms with van der Waals surface area (Å²) >= 11 is 0. The summed E-state index contributed by atoms with van der Waals surface area (Å²) in [7, 11) is 0. The van der Waals surface area contributed by atoms with Gasteiger partial charge in [-0.05, 0) is 18.6 Å². The fraction of sp³-hybridized carbons (Fsp3) is 0.200. The molecular formula is C10H10F2O. The largest absolute Gasteiger partial charge is 0.384 e. The topological polar surface area (TPSA) is 20.2 Å². The first-order chi connectivity index (χ1) is 6.04. The van der Waals surface area contributed by atoms with E-state index in [0.717, 1.165) is 6.07 Å². The van der Waals surface area contributed by atoms with Crippen molar-refractivity contribution in [1.29, 1.82) is 0 Å². The van der Waals surface area contributed by atoms with Gasteiger partial charge in [0.2, 0.25) is 0 Å². The maximum absolute atomic E-state index is 13.0. The molecule has 0 radical (unpaired) electrons. The Morgan fingerprint density at radius 2 is 2.08 bits per heavy atom. The Balaban J connectivity index is 3.15. The summed E-state index contributed by atoms with van der Waals surface area (Å²) in [5.41, 5.74) is 0.303. The molecule has 3 heteroatoms. The highest BCUT2D eigenvalue weighted by Crippen LogP contribution is 2.23. The van der Waals surface area contributed by atoms with Crippen molar-refractivity contribution in [2.24, 2.45) is 0 Å². The first kappa shape index (κ1) is 9.86. The monoisotopic (exact) mass is 184 g/mol. The Kier molecular flexibility index (Phi) is 2.78. The minimum atomic E-state index is -1.14. The minimum Gasteiger partial charge on any atom is -0.384 e. The average Bonchev–Trinajstić information content (AvgIpc) is 2.08. The van der Waals surface area contributed by atoms with E-state index in [9.17, 15) is 13.9 Å². The number of benzene rings is 1. The molecule has 0 amide bonds. The molecule has 0 saturated heterocycles. The van der Waals surface area contributed by atoms with Crippen LogP contribution in [0.1, 0.15) is 18.6 Å². The molecule has 1 N–H and O–H groups in total. The molecule has 0 fully saturated rings. The first-order valence-electron chi connectivity index (χ1n) is 3.81. The molecule has 1 nitrogen and oxygen atoms in total. The molecule has 1 rings (SSSR count). The molecule has 1 aromatic carbocycles. The lowest BCUT2D eigenvalue weighted by Crippen LogP contribution is -2.02. The standard InChI is InChI=1S/C10H10F2O/c1-6(2)10(13)7-4-3-5-8(11)9(7)12/h3-5,10,13H,1H2,2H3. The van der Waals surface area contributed by atoms with E-state index in [1.165, 1.54) is 12.1 Å². The molecule has 1 unspecified atom stereocenters. The van der Waals surface area contributed by atoms with Crippen molar-refractivity contribution in [1.82, 2.24) is 0 Å². The summed E-state index contributed by atoms with van der Waals surface area (Å²) in [5, 5.41) is 9.40. The molecular weight excluding hydrogens is 174 g/mol. The summed E-state index contributed by atoms with van der Waals surface area (Å²) < 4.78 is 25.7. The van der Waals surface area contributed by atoms with Crippen molar-refractivity contribution in [3.8, 4) is 0 Å². The highest BCUT2D eigenvalue weighted by molar-refractivity contribution is 5.26. The first-order valence-corrected chi connectivity index (χ1v) is 3.81. The van der Waals surface area contributed by atoms with Gasteiger partial charge < -0.3 is 5.11 Å². The van der Waals surface area contributed by atoms with Crippen LogP contribution < -0.4 is 0 Å². The molecule has 1 atom stereocenters. The van der Waals surface area contributed by atoms with Crippen LogP contribution in [0.4, 0.5) is 8.78 Å². The molecule has 1 aromatic rings. The second-order valence-electron chi connectivity index (χ2n) is 2.89. The van der Waals surface area contributed by atoms with E-state index in [4.69, 9.17) is 0 Å². The van der Waals surface area contributed by atoms with Crippen molar-refractivity contribution >= 4 is 0 Å². The van der Waals surface area contributed by atoms with E-state index in [1.807, 2.05) is 0 Å². The van der Waals surface area contributed by atoms with Crippen LogP contribution in [-0.2, 0) is 0 Å². The summed E-state index contributed by atoms with van der Waals surface area (Å²) in [6, 6.07) is 3.68. The van der Waals surface area contributed by atoms with Gasteiger partial charge >= 0.3 is 0 Å². The molecule has 0 spiro atoms. The van der Waals surface area contributed by atoms with Gasteiger partial charge in [-0.25, -0.2) is 8.78 Å². The van der Waals surface area contributed by atoms with E-state index in [2.05, 4.69) is 6.58 Å². The van der Waals surface area contributed by atoms with Crippen LogP contribution in [0.2, 0.25) is 0 Å². The summed E-state index contributed by atoms with van der Waals surface area (Å²) in [5.74, 6) is -1.98. The van der Waals surface area contributed by atoms with Crippen LogP contribution in [0.3, 0.4) is 0 Å². The second kappa shape index (κ2) is 3.66. The predicted octanol–water partition coefficient (Wildman–Crippen LogP) is 2.57. The van der Waals surface area contributed by atoms with Crippen molar-refractivity contribution < 1.29 is 13.9 Å². The molecule has 0 aliphatic heterocycles. The number of rotatable bonds is 2. The van der Waals surface area contributed by atoms with Gasteiger partial charge in [0.1, 0.15) is 6.10 Å². The van der Waals surface area contributed by atoms with Gasteiger partial charge in [-0.3, -0.25) is 0 Å². The van der Waals surface area contributed by atoms with Gasteiger partial charge in [0, 0.05) is 5.56 Å². The van der Waals surface area contributed by atoms with E-state index in [-0.39, 0.29) is 5.56 Å². The maximum Gasteiger partial charge on any atom is 0.164 e. The molecule has 0 aliphatic rings. The lowest BCUT2D eigenvalue weighted by molar-refractivity contribution is 0.209. The summed E-state index contributed by atoms with van der Waals surface area (Å²) in [6.07, 6.45) is -1.14. The molecule has 0 saturated carbocycles. The van der Waals surface area contributed by atoms with E-state index >= 15 is 0 Å². The highest BCUT2D eigenvalue weighted by atomic mass is 19.2. The molecule has 70 valence electrons. The summed E-state index contributed by atoms with van der Waals surface area (Å²) in [4.78, 5) is 0. The Hall–Kier alpha value is -1.22. The van der Waals surface area contributed by atoms with Crippen molar-refractivity contribution in [2.45, 2.75) is 13.0 Å². The third-order valence-electron chi connectivity index (χ3n) is 1.74. The summed E-state index contributed by atoms with van der Waals surface area (Å²) in [6.45, 7) is 5.01. The van der Waals surface area contributed by atoms with Crippen molar-refractivity contribution in [3.63, 3.8) is 0 Å². The Morgan fingerprint density at radius 1 is 1.46 bits per heavy atom. The lowest BCUT2D eigenvalue weighted by Gasteiger charge is -2.11. The van der Waals surface area contributed by atoms with Gasteiger partial charge in [0.15, 0.2) is 11.6 Å². The van der Waals surface area contributed by atoms with E-state index in [1.54, 1.807) is 6.92 Å². The number of aliphatic hydroxyl groups is 1. The van der Waals surface area contributed by atoms with Gasteiger partial charge in [-0.15, -0.1) is 0 Å². The van der Waals surface area contributed by atoms with Crippen LogP contribution in [-0.4, -0.2) is 5.11 Å². The van der Waals surface area contributed by atoms with E-state index < -0.39 is 17.7 Å². The third-order valence-corrected chi connectivity index (χ3v) is 1.74. The van der Waals surface area contributed by atoms with Crippen LogP contribution in [0, 0.1) is 11.6 Å². The Labute approximate surface area is 75.3 Å². The van der Waals surface area contributed by atoms with Gasteiger partial charge in [-0.2, -0.15) is 0 Å². The number of halogens is 2. The smallest absolute Gasteiger partial charge is 0.164 e. The van der Waals surface area contributed by atoms with E-state index in [0.29, 0.717) is 5.57 Å². The minimum absolute atomic E-state index is 0.0764. The van der Waals surface area contributed by atoms with Crippen LogP contribution in [0.15, 0.2) is 30.4 Å². The molecule has 0 aromatic heterocycles. The van der Waals surface area contributed by atoms with Crippen molar-refractivity contribution in [2.75, 3.05) is 0 Å². The van der Waals surface area contributed by atoms with Gasteiger partial charge in [-0.1, -0.05) is 18.7 Å². The Morgan fingerprint density at radius 3 is 2.62 bits per heavy atom. The zero-order valence-electron chi connectivity index (χ0n) is 7.22. The molecule has 0 bridgehead atoms. The molecule has 13 heavy (non-hydrogen) atoms. The zero-order valence-corrected chi connectivity index (χ0v) is 7.22. The maximum atomic E-state index is 13.0. The fourth-order valence-electron chi connectivity index (χ4n) is 0.997.